The molecule has 0 unspecified atom stereocenters. The molecule has 1 aromatic carbocycles. The zero-order valence-electron chi connectivity index (χ0n) is 13.3. The summed E-state index contributed by atoms with van der Waals surface area (Å²) in [5, 5.41) is 2.81. The van der Waals surface area contributed by atoms with Crippen LogP contribution >= 0.6 is 0 Å². The number of nitrogens with one attached hydrogen (secondary N) is 1. The molecule has 1 N–H and O–H groups in total. The minimum atomic E-state index is -0.272. The number of aromatic nitrogens is 2. The van der Waals surface area contributed by atoms with E-state index in [9.17, 15) is 4.79 Å². The van der Waals surface area contributed by atoms with Gasteiger partial charge in [0.05, 0.1) is 21.3 Å². The SMILES string of the molecule is COc1cc(C(=O)NCCc2ccc(OC)c(OC)c2)ncn1. The van der Waals surface area contributed by atoms with Crippen LogP contribution in [0.4, 0.5) is 0 Å². The molecular weight excluding hydrogens is 298 g/mol. The van der Waals surface area contributed by atoms with Gasteiger partial charge in [0.2, 0.25) is 5.88 Å². The van der Waals surface area contributed by atoms with Crippen molar-refractivity contribution in [2.75, 3.05) is 27.9 Å². The molecule has 0 bridgehead atoms. The number of hydrogen-bond donors (Lipinski definition) is 1. The summed E-state index contributed by atoms with van der Waals surface area (Å²) in [6.45, 7) is 0.473. The Bertz CT molecular complexity index is 676. The normalized spacial score (nSPS) is 10.0. The smallest absolute Gasteiger partial charge is 0.270 e. The Morgan fingerprint density at radius 2 is 1.83 bits per heavy atom. The largest absolute Gasteiger partial charge is 0.493 e. The Morgan fingerprint density at radius 3 is 2.52 bits per heavy atom. The van der Waals surface area contributed by atoms with Crippen LogP contribution in [0.25, 0.3) is 0 Å². The predicted octanol–water partition coefficient (Wildman–Crippen LogP) is 1.47. The number of benzene rings is 1. The number of methoxy groups -OCH3 is 3. The zero-order valence-corrected chi connectivity index (χ0v) is 13.3. The first-order valence-electron chi connectivity index (χ1n) is 7.03. The quantitative estimate of drug-likeness (QED) is 0.833. The summed E-state index contributed by atoms with van der Waals surface area (Å²) in [7, 11) is 4.67. The van der Waals surface area contributed by atoms with Gasteiger partial charge in [0, 0.05) is 12.6 Å². The summed E-state index contributed by atoms with van der Waals surface area (Å²) in [5.41, 5.74) is 1.30. The fraction of sp³-hybridized carbons (Fsp3) is 0.312. The first-order chi connectivity index (χ1) is 11.2. The molecular formula is C16H19N3O4. The van der Waals surface area contributed by atoms with Gasteiger partial charge in [-0.15, -0.1) is 0 Å². The summed E-state index contributed by atoms with van der Waals surface area (Å²) in [4.78, 5) is 19.8. The maximum absolute atomic E-state index is 12.0. The highest BCUT2D eigenvalue weighted by Gasteiger charge is 2.09. The summed E-state index contributed by atoms with van der Waals surface area (Å²) in [6.07, 6.45) is 1.95. The van der Waals surface area contributed by atoms with Crippen LogP contribution < -0.4 is 19.5 Å². The Kier molecular flexibility index (Phi) is 5.74. The molecule has 0 fully saturated rings. The van der Waals surface area contributed by atoms with Crippen LogP contribution in [0, 0.1) is 0 Å². The molecule has 0 saturated heterocycles. The molecule has 0 saturated carbocycles. The Labute approximate surface area is 134 Å². The van der Waals surface area contributed by atoms with Gasteiger partial charge in [-0.1, -0.05) is 6.07 Å². The molecule has 0 atom stereocenters. The van der Waals surface area contributed by atoms with Gasteiger partial charge in [-0.25, -0.2) is 9.97 Å². The molecule has 7 heteroatoms. The van der Waals surface area contributed by atoms with Gasteiger partial charge in [0.15, 0.2) is 11.5 Å². The molecule has 0 aliphatic heterocycles. The van der Waals surface area contributed by atoms with Gasteiger partial charge in [0.1, 0.15) is 12.0 Å². The lowest BCUT2D eigenvalue weighted by molar-refractivity contribution is 0.0948. The van der Waals surface area contributed by atoms with Crippen LogP contribution in [-0.4, -0.2) is 43.7 Å². The molecule has 23 heavy (non-hydrogen) atoms. The second-order valence-corrected chi connectivity index (χ2v) is 4.64. The maximum Gasteiger partial charge on any atom is 0.270 e. The van der Waals surface area contributed by atoms with Gasteiger partial charge in [0.25, 0.3) is 5.91 Å². The number of ether oxygens (including phenoxy) is 3. The van der Waals surface area contributed by atoms with Crippen molar-refractivity contribution in [3.63, 3.8) is 0 Å². The summed E-state index contributed by atoms with van der Waals surface area (Å²) < 4.78 is 15.4. The van der Waals surface area contributed by atoms with E-state index in [0.29, 0.717) is 30.3 Å². The molecule has 1 amide bonds. The van der Waals surface area contributed by atoms with Crippen molar-refractivity contribution >= 4 is 5.91 Å². The van der Waals surface area contributed by atoms with Crippen LogP contribution in [0.1, 0.15) is 16.1 Å². The minimum Gasteiger partial charge on any atom is -0.493 e. The molecule has 122 valence electrons. The fourth-order valence-corrected chi connectivity index (χ4v) is 2.02. The van der Waals surface area contributed by atoms with Gasteiger partial charge < -0.3 is 19.5 Å². The van der Waals surface area contributed by atoms with E-state index in [1.807, 2.05) is 18.2 Å². The van der Waals surface area contributed by atoms with Crippen LogP contribution in [0.15, 0.2) is 30.6 Å². The van der Waals surface area contributed by atoms with Crippen molar-refractivity contribution in [1.82, 2.24) is 15.3 Å². The number of carbonyl (C=O) groups excluding carboxylic acids is 1. The molecule has 0 aliphatic rings. The molecule has 0 spiro atoms. The third-order valence-electron chi connectivity index (χ3n) is 3.23. The van der Waals surface area contributed by atoms with E-state index in [1.54, 1.807) is 14.2 Å². The highest BCUT2D eigenvalue weighted by Crippen LogP contribution is 2.27. The third-order valence-corrected chi connectivity index (χ3v) is 3.23. The van der Waals surface area contributed by atoms with Crippen LogP contribution in [0.5, 0.6) is 17.4 Å². The van der Waals surface area contributed by atoms with E-state index in [0.717, 1.165) is 5.56 Å². The van der Waals surface area contributed by atoms with Crippen LogP contribution in [0.2, 0.25) is 0 Å². The van der Waals surface area contributed by atoms with E-state index in [2.05, 4.69) is 15.3 Å². The molecule has 1 aromatic heterocycles. The van der Waals surface area contributed by atoms with Gasteiger partial charge in [-0.2, -0.15) is 0 Å². The lowest BCUT2D eigenvalue weighted by Crippen LogP contribution is -2.26. The molecule has 2 aromatic rings. The average molecular weight is 317 g/mol. The molecule has 7 nitrogen and oxygen atoms in total. The van der Waals surface area contributed by atoms with Crippen molar-refractivity contribution in [2.45, 2.75) is 6.42 Å². The predicted molar refractivity (Wildman–Crippen MR) is 84.2 cm³/mol. The van der Waals surface area contributed by atoms with Crippen LogP contribution in [0.3, 0.4) is 0 Å². The van der Waals surface area contributed by atoms with E-state index in [1.165, 1.54) is 19.5 Å². The van der Waals surface area contributed by atoms with E-state index < -0.39 is 0 Å². The number of carbonyl (C=O) groups is 1. The van der Waals surface area contributed by atoms with Crippen molar-refractivity contribution < 1.29 is 19.0 Å². The van der Waals surface area contributed by atoms with Gasteiger partial charge in [-0.05, 0) is 24.1 Å². The first-order valence-corrected chi connectivity index (χ1v) is 7.03. The summed E-state index contributed by atoms with van der Waals surface area (Å²) in [5.74, 6) is 1.42. The molecule has 1 heterocycles. The Hall–Kier alpha value is -2.83. The highest BCUT2D eigenvalue weighted by atomic mass is 16.5. The van der Waals surface area contributed by atoms with Crippen molar-refractivity contribution in [2.24, 2.45) is 0 Å². The minimum absolute atomic E-state index is 0.268. The van der Waals surface area contributed by atoms with E-state index in [-0.39, 0.29) is 11.6 Å². The zero-order chi connectivity index (χ0) is 16.7. The molecule has 0 aliphatic carbocycles. The number of nitrogens with zero attached hydrogens (tertiary/aromatic N) is 2. The van der Waals surface area contributed by atoms with Gasteiger partial charge >= 0.3 is 0 Å². The standard InChI is InChI=1S/C16H19N3O4/c1-21-13-5-4-11(8-14(13)22-2)6-7-17-16(20)12-9-15(23-3)19-10-18-12/h4-5,8-10H,6-7H2,1-3H3,(H,17,20). The highest BCUT2D eigenvalue weighted by molar-refractivity contribution is 5.92. The summed E-state index contributed by atoms with van der Waals surface area (Å²) in [6, 6.07) is 7.15. The average Bonchev–Trinajstić information content (AvgIpc) is 2.61. The lowest BCUT2D eigenvalue weighted by Gasteiger charge is -2.10. The Balaban J connectivity index is 1.92. The second-order valence-electron chi connectivity index (χ2n) is 4.64. The van der Waals surface area contributed by atoms with Crippen molar-refractivity contribution in [3.05, 3.63) is 41.9 Å². The van der Waals surface area contributed by atoms with Crippen molar-refractivity contribution in [1.29, 1.82) is 0 Å². The molecule has 0 radical (unpaired) electrons. The van der Waals surface area contributed by atoms with Gasteiger partial charge in [-0.3, -0.25) is 4.79 Å². The topological polar surface area (TPSA) is 82.6 Å². The maximum atomic E-state index is 12.0. The number of rotatable bonds is 7. The molecule has 2 rings (SSSR count). The fourth-order valence-electron chi connectivity index (χ4n) is 2.02. The van der Waals surface area contributed by atoms with E-state index in [4.69, 9.17) is 14.2 Å². The summed E-state index contributed by atoms with van der Waals surface area (Å²) >= 11 is 0. The number of hydrogen-bond acceptors (Lipinski definition) is 6. The lowest BCUT2D eigenvalue weighted by atomic mass is 10.1. The monoisotopic (exact) mass is 317 g/mol. The Morgan fingerprint density at radius 1 is 1.04 bits per heavy atom. The van der Waals surface area contributed by atoms with Crippen molar-refractivity contribution in [3.8, 4) is 17.4 Å². The second kappa shape index (κ2) is 7.98. The third kappa shape index (κ3) is 4.32. The first kappa shape index (κ1) is 16.5. The van der Waals surface area contributed by atoms with Crippen LogP contribution in [-0.2, 0) is 6.42 Å². The van der Waals surface area contributed by atoms with E-state index >= 15 is 0 Å². The number of amides is 1.